The molecule has 1 aliphatic rings. The van der Waals surface area contributed by atoms with Crippen molar-refractivity contribution in [1.82, 2.24) is 20.0 Å². The second-order valence-electron chi connectivity index (χ2n) is 7.78. The number of aromatic nitrogens is 2. The Morgan fingerprint density at radius 3 is 2.76 bits per heavy atom. The zero-order valence-corrected chi connectivity index (χ0v) is 17.1. The number of hydrogen-bond acceptors (Lipinski definition) is 5. The van der Waals surface area contributed by atoms with Gasteiger partial charge in [0.25, 0.3) is 0 Å². The molecule has 2 heterocycles. The van der Waals surface area contributed by atoms with E-state index in [1.807, 2.05) is 28.6 Å². The van der Waals surface area contributed by atoms with Crippen LogP contribution in [0.5, 0.6) is 0 Å². The molecule has 3 amide bonds. The van der Waals surface area contributed by atoms with E-state index in [0.29, 0.717) is 18.9 Å². The molecule has 2 aromatic rings. The molecule has 1 fully saturated rings. The number of rotatable bonds is 9. The highest BCUT2D eigenvalue weighted by Crippen LogP contribution is 2.28. The number of piperidine rings is 1. The maximum atomic E-state index is 11.5. The smallest absolute Gasteiger partial charge is 0.228 e. The zero-order chi connectivity index (χ0) is 20.8. The van der Waals surface area contributed by atoms with E-state index in [2.05, 4.69) is 28.6 Å². The second kappa shape index (κ2) is 9.54. The molecule has 0 saturated carbocycles. The Kier molecular flexibility index (Phi) is 6.85. The fourth-order valence-corrected chi connectivity index (χ4v) is 3.95. The number of benzene rings is 1. The molecular formula is C21H29N5O3. The lowest BCUT2D eigenvalue weighted by molar-refractivity contribution is -0.125. The first-order valence-corrected chi connectivity index (χ1v) is 10.1. The summed E-state index contributed by atoms with van der Waals surface area (Å²) >= 11 is 0. The van der Waals surface area contributed by atoms with Gasteiger partial charge in [-0.25, -0.2) is 0 Å². The Morgan fingerprint density at radius 2 is 2.07 bits per heavy atom. The minimum atomic E-state index is -0.298. The third kappa shape index (κ3) is 5.13. The fraction of sp³-hybridized carbons (Fsp3) is 0.524. The van der Waals surface area contributed by atoms with Crippen molar-refractivity contribution in [2.24, 2.45) is 13.0 Å². The lowest BCUT2D eigenvalue weighted by Gasteiger charge is -2.29. The number of aryl methyl sites for hydroxylation is 2. The van der Waals surface area contributed by atoms with Crippen molar-refractivity contribution in [2.45, 2.75) is 32.1 Å². The standard InChI is InChI=1S/C21H29N5O3/c1-24(10-9-20(29)22-14-27)21-18-6-5-17(13-19(18)25(2)23-21)4-3-16-7-11-26(15-28)12-8-16/h5-6,13-16H,3-4,7-12H2,1-2H3,(H,22,27,29). The van der Waals surface area contributed by atoms with Crippen molar-refractivity contribution in [3.63, 3.8) is 0 Å². The van der Waals surface area contributed by atoms with E-state index < -0.39 is 0 Å². The Hall–Kier alpha value is -2.90. The molecule has 1 aliphatic heterocycles. The summed E-state index contributed by atoms with van der Waals surface area (Å²) in [7, 11) is 3.83. The van der Waals surface area contributed by atoms with Crippen molar-refractivity contribution in [3.8, 4) is 0 Å². The lowest BCUT2D eigenvalue weighted by Crippen LogP contribution is -2.32. The molecule has 1 aromatic heterocycles. The van der Waals surface area contributed by atoms with Crippen LogP contribution in [0.15, 0.2) is 18.2 Å². The number of amides is 3. The van der Waals surface area contributed by atoms with E-state index >= 15 is 0 Å². The Bertz CT molecular complexity index is 871. The number of anilines is 1. The Morgan fingerprint density at radius 1 is 1.31 bits per heavy atom. The molecule has 8 heteroatoms. The minimum absolute atomic E-state index is 0.230. The van der Waals surface area contributed by atoms with E-state index in [-0.39, 0.29) is 12.3 Å². The average molecular weight is 399 g/mol. The van der Waals surface area contributed by atoms with Crippen LogP contribution in [-0.2, 0) is 27.9 Å². The van der Waals surface area contributed by atoms with Gasteiger partial charge in [-0.1, -0.05) is 6.07 Å². The number of nitrogens with zero attached hydrogens (tertiary/aromatic N) is 4. The van der Waals surface area contributed by atoms with Gasteiger partial charge in [-0.2, -0.15) is 5.10 Å². The quantitative estimate of drug-likeness (QED) is 0.645. The third-order valence-electron chi connectivity index (χ3n) is 5.79. The summed E-state index contributed by atoms with van der Waals surface area (Å²) in [6.07, 6.45) is 5.91. The molecule has 1 saturated heterocycles. The molecule has 3 rings (SSSR count). The highest BCUT2D eigenvalue weighted by atomic mass is 16.2. The summed E-state index contributed by atoms with van der Waals surface area (Å²) in [5.74, 6) is 1.20. The van der Waals surface area contributed by atoms with Gasteiger partial charge in [0.2, 0.25) is 18.7 Å². The molecule has 1 aromatic carbocycles. The number of carbonyl (C=O) groups is 3. The average Bonchev–Trinajstić information content (AvgIpc) is 3.07. The summed E-state index contributed by atoms with van der Waals surface area (Å²) in [6.45, 7) is 2.22. The Balaban J connectivity index is 1.63. The van der Waals surface area contributed by atoms with Crippen molar-refractivity contribution < 1.29 is 14.4 Å². The van der Waals surface area contributed by atoms with Crippen LogP contribution in [0.1, 0.15) is 31.2 Å². The number of nitrogens with one attached hydrogen (secondary N) is 1. The van der Waals surface area contributed by atoms with Gasteiger partial charge in [-0.15, -0.1) is 0 Å². The van der Waals surface area contributed by atoms with Gasteiger partial charge in [0.05, 0.1) is 5.52 Å². The van der Waals surface area contributed by atoms with Crippen LogP contribution in [-0.4, -0.2) is 60.1 Å². The predicted octanol–water partition coefficient (Wildman–Crippen LogP) is 1.47. The van der Waals surface area contributed by atoms with Gasteiger partial charge in [0.1, 0.15) is 0 Å². The third-order valence-corrected chi connectivity index (χ3v) is 5.79. The number of likely N-dealkylation sites (tertiary alicyclic amines) is 1. The van der Waals surface area contributed by atoms with E-state index in [0.717, 1.165) is 61.9 Å². The minimum Gasteiger partial charge on any atom is -0.357 e. The summed E-state index contributed by atoms with van der Waals surface area (Å²) in [6, 6.07) is 6.45. The SMILES string of the molecule is CN(CCC(=O)NC=O)c1nn(C)c2cc(CCC3CCN(C=O)CC3)ccc12. The van der Waals surface area contributed by atoms with Gasteiger partial charge in [-0.3, -0.25) is 24.4 Å². The van der Waals surface area contributed by atoms with Crippen LogP contribution in [0.4, 0.5) is 5.82 Å². The van der Waals surface area contributed by atoms with Crippen molar-refractivity contribution in [2.75, 3.05) is 31.6 Å². The van der Waals surface area contributed by atoms with Crippen molar-refractivity contribution in [1.29, 1.82) is 0 Å². The maximum Gasteiger partial charge on any atom is 0.228 e. The number of hydrogen-bond donors (Lipinski definition) is 1. The monoisotopic (exact) mass is 399 g/mol. The van der Waals surface area contributed by atoms with Crippen LogP contribution in [0.2, 0.25) is 0 Å². The zero-order valence-electron chi connectivity index (χ0n) is 17.1. The number of carbonyl (C=O) groups excluding carboxylic acids is 3. The highest BCUT2D eigenvalue weighted by Gasteiger charge is 2.18. The molecule has 0 spiro atoms. The molecule has 0 radical (unpaired) electrons. The summed E-state index contributed by atoms with van der Waals surface area (Å²) in [5.41, 5.74) is 2.36. The Labute approximate surface area is 170 Å². The van der Waals surface area contributed by atoms with E-state index in [1.165, 1.54) is 5.56 Å². The van der Waals surface area contributed by atoms with Crippen LogP contribution in [0, 0.1) is 5.92 Å². The molecule has 0 atom stereocenters. The maximum absolute atomic E-state index is 11.5. The molecule has 0 unspecified atom stereocenters. The van der Waals surface area contributed by atoms with E-state index in [4.69, 9.17) is 0 Å². The van der Waals surface area contributed by atoms with Gasteiger partial charge >= 0.3 is 0 Å². The predicted molar refractivity (Wildman–Crippen MR) is 111 cm³/mol. The van der Waals surface area contributed by atoms with Crippen LogP contribution in [0.3, 0.4) is 0 Å². The first kappa shape index (κ1) is 20.8. The second-order valence-corrected chi connectivity index (χ2v) is 7.78. The number of imide groups is 1. The molecule has 29 heavy (non-hydrogen) atoms. The molecule has 1 N–H and O–H groups in total. The molecule has 156 valence electrons. The summed E-state index contributed by atoms with van der Waals surface area (Å²) < 4.78 is 1.87. The highest BCUT2D eigenvalue weighted by molar-refractivity contribution is 5.91. The molecule has 0 aliphatic carbocycles. The van der Waals surface area contributed by atoms with Crippen LogP contribution in [0.25, 0.3) is 10.9 Å². The topological polar surface area (TPSA) is 87.5 Å². The summed E-state index contributed by atoms with van der Waals surface area (Å²) in [5, 5.41) is 7.83. The largest absolute Gasteiger partial charge is 0.357 e. The lowest BCUT2D eigenvalue weighted by atomic mass is 9.90. The van der Waals surface area contributed by atoms with E-state index in [9.17, 15) is 14.4 Å². The van der Waals surface area contributed by atoms with Crippen molar-refractivity contribution >= 4 is 35.4 Å². The summed E-state index contributed by atoms with van der Waals surface area (Å²) in [4.78, 5) is 36.5. The van der Waals surface area contributed by atoms with Crippen LogP contribution >= 0.6 is 0 Å². The van der Waals surface area contributed by atoms with Gasteiger partial charge < -0.3 is 9.80 Å². The van der Waals surface area contributed by atoms with Gasteiger partial charge in [0, 0.05) is 45.5 Å². The molecule has 8 nitrogen and oxygen atoms in total. The van der Waals surface area contributed by atoms with Gasteiger partial charge in [-0.05, 0) is 49.3 Å². The molecular weight excluding hydrogens is 370 g/mol. The first-order chi connectivity index (χ1) is 14.0. The normalized spacial score (nSPS) is 14.8. The fourth-order valence-electron chi connectivity index (χ4n) is 3.95. The molecule has 0 bridgehead atoms. The van der Waals surface area contributed by atoms with Gasteiger partial charge in [0.15, 0.2) is 5.82 Å². The number of fused-ring (bicyclic) bond motifs is 1. The van der Waals surface area contributed by atoms with Crippen molar-refractivity contribution in [3.05, 3.63) is 23.8 Å². The first-order valence-electron chi connectivity index (χ1n) is 10.1. The van der Waals surface area contributed by atoms with Crippen LogP contribution < -0.4 is 10.2 Å². The van der Waals surface area contributed by atoms with E-state index in [1.54, 1.807) is 0 Å².